The van der Waals surface area contributed by atoms with E-state index in [0.717, 1.165) is 17.6 Å². The Morgan fingerprint density at radius 3 is 2.47 bits per heavy atom. The Labute approximate surface area is 103 Å². The first kappa shape index (κ1) is 11.6. The van der Waals surface area contributed by atoms with Crippen LogP contribution in [0.1, 0.15) is 29.2 Å². The molecule has 1 heteroatoms. The number of aromatic nitrogens is 1. The average molecular weight is 223 g/mol. The van der Waals surface area contributed by atoms with Gasteiger partial charge in [-0.05, 0) is 53.3 Å². The highest BCUT2D eigenvalue weighted by molar-refractivity contribution is 5.78. The van der Waals surface area contributed by atoms with Crippen LogP contribution in [-0.4, -0.2) is 4.98 Å². The molecule has 0 fully saturated rings. The van der Waals surface area contributed by atoms with E-state index in [1.807, 2.05) is 12.1 Å². The highest BCUT2D eigenvalue weighted by Crippen LogP contribution is 2.23. The Balaban J connectivity index is 2.38. The molecular weight excluding hydrogens is 206 g/mol. The van der Waals surface area contributed by atoms with Gasteiger partial charge in [-0.25, -0.2) is 0 Å². The van der Waals surface area contributed by atoms with Crippen LogP contribution in [0.25, 0.3) is 5.57 Å². The van der Waals surface area contributed by atoms with Gasteiger partial charge in [-0.2, -0.15) is 0 Å². The number of pyridine rings is 1. The SMILES string of the molecule is C=C(c1ccncc1)c1ccc(C)c(CC)c1. The molecule has 1 heterocycles. The van der Waals surface area contributed by atoms with Crippen LogP contribution in [0.3, 0.4) is 0 Å². The Kier molecular flexibility index (Phi) is 3.38. The number of hydrogen-bond acceptors (Lipinski definition) is 1. The summed E-state index contributed by atoms with van der Waals surface area (Å²) in [7, 11) is 0. The van der Waals surface area contributed by atoms with Crippen molar-refractivity contribution in [1.29, 1.82) is 0 Å². The van der Waals surface area contributed by atoms with Gasteiger partial charge in [0.25, 0.3) is 0 Å². The topological polar surface area (TPSA) is 12.9 Å². The molecule has 0 saturated heterocycles. The van der Waals surface area contributed by atoms with Gasteiger partial charge in [-0.3, -0.25) is 4.98 Å². The largest absolute Gasteiger partial charge is 0.265 e. The lowest BCUT2D eigenvalue weighted by atomic mass is 9.96. The predicted octanol–water partition coefficient (Wildman–Crippen LogP) is 4.01. The second kappa shape index (κ2) is 4.96. The normalized spacial score (nSPS) is 10.2. The zero-order valence-corrected chi connectivity index (χ0v) is 10.4. The minimum absolute atomic E-state index is 1.06. The van der Waals surface area contributed by atoms with E-state index in [2.05, 4.69) is 43.6 Å². The molecule has 0 aliphatic heterocycles. The molecule has 0 bridgehead atoms. The molecule has 1 nitrogen and oxygen atoms in total. The van der Waals surface area contributed by atoms with Crippen molar-refractivity contribution in [2.24, 2.45) is 0 Å². The molecule has 0 saturated carbocycles. The molecule has 17 heavy (non-hydrogen) atoms. The molecule has 0 N–H and O–H groups in total. The molecule has 1 aromatic heterocycles. The number of rotatable bonds is 3. The quantitative estimate of drug-likeness (QED) is 0.766. The van der Waals surface area contributed by atoms with Crippen LogP contribution in [0.5, 0.6) is 0 Å². The van der Waals surface area contributed by atoms with Crippen molar-refractivity contribution in [3.8, 4) is 0 Å². The summed E-state index contributed by atoms with van der Waals surface area (Å²) in [5.74, 6) is 0. The standard InChI is InChI=1S/C16H17N/c1-4-14-11-16(6-5-12(14)2)13(3)15-7-9-17-10-8-15/h5-11H,3-4H2,1-2H3. The third-order valence-corrected chi connectivity index (χ3v) is 3.11. The van der Waals surface area contributed by atoms with Crippen molar-refractivity contribution in [3.05, 3.63) is 71.6 Å². The summed E-state index contributed by atoms with van der Waals surface area (Å²) < 4.78 is 0. The van der Waals surface area contributed by atoms with Gasteiger partial charge in [0.2, 0.25) is 0 Å². The summed E-state index contributed by atoms with van der Waals surface area (Å²) in [4.78, 5) is 4.03. The summed E-state index contributed by atoms with van der Waals surface area (Å²) in [6.45, 7) is 8.50. The van der Waals surface area contributed by atoms with E-state index in [-0.39, 0.29) is 0 Å². The molecule has 86 valence electrons. The van der Waals surface area contributed by atoms with Crippen LogP contribution in [0.2, 0.25) is 0 Å². The first-order chi connectivity index (χ1) is 8.22. The van der Waals surface area contributed by atoms with Crippen LogP contribution in [0.15, 0.2) is 49.3 Å². The van der Waals surface area contributed by atoms with E-state index in [1.165, 1.54) is 16.7 Å². The molecule has 0 atom stereocenters. The maximum atomic E-state index is 4.17. The predicted molar refractivity (Wildman–Crippen MR) is 72.9 cm³/mol. The van der Waals surface area contributed by atoms with Crippen molar-refractivity contribution >= 4 is 5.57 Å². The molecular formula is C16H17N. The molecule has 2 aromatic rings. The third kappa shape index (κ3) is 2.44. The molecule has 0 amide bonds. The minimum Gasteiger partial charge on any atom is -0.265 e. The molecule has 0 aliphatic rings. The van der Waals surface area contributed by atoms with Crippen molar-refractivity contribution in [1.82, 2.24) is 4.98 Å². The Bertz CT molecular complexity index is 526. The van der Waals surface area contributed by atoms with Crippen LogP contribution in [-0.2, 0) is 6.42 Å². The van der Waals surface area contributed by atoms with Crippen LogP contribution >= 0.6 is 0 Å². The summed E-state index contributed by atoms with van der Waals surface area (Å²) in [5, 5.41) is 0. The molecule has 0 spiro atoms. The number of nitrogens with zero attached hydrogens (tertiary/aromatic N) is 1. The van der Waals surface area contributed by atoms with Crippen molar-refractivity contribution in [2.75, 3.05) is 0 Å². The Morgan fingerprint density at radius 1 is 1.12 bits per heavy atom. The van der Waals surface area contributed by atoms with Gasteiger partial charge in [0.1, 0.15) is 0 Å². The molecule has 0 aliphatic carbocycles. The maximum Gasteiger partial charge on any atom is 0.0273 e. The summed E-state index contributed by atoms with van der Waals surface area (Å²) in [6, 6.07) is 10.5. The molecule has 0 unspecified atom stereocenters. The van der Waals surface area contributed by atoms with Crippen molar-refractivity contribution in [2.45, 2.75) is 20.3 Å². The van der Waals surface area contributed by atoms with E-state index < -0.39 is 0 Å². The Morgan fingerprint density at radius 2 is 1.82 bits per heavy atom. The minimum atomic E-state index is 1.06. The fourth-order valence-corrected chi connectivity index (χ4v) is 1.96. The first-order valence-corrected chi connectivity index (χ1v) is 5.91. The van der Waals surface area contributed by atoms with Crippen LogP contribution in [0, 0.1) is 6.92 Å². The fraction of sp³-hybridized carbons (Fsp3) is 0.188. The lowest BCUT2D eigenvalue weighted by molar-refractivity contribution is 1.11. The second-order valence-electron chi connectivity index (χ2n) is 4.21. The summed E-state index contributed by atoms with van der Waals surface area (Å²) in [6.07, 6.45) is 4.66. The van der Waals surface area contributed by atoms with Gasteiger partial charge in [-0.15, -0.1) is 0 Å². The lowest BCUT2D eigenvalue weighted by Crippen LogP contribution is -1.91. The van der Waals surface area contributed by atoms with Gasteiger partial charge in [0, 0.05) is 12.4 Å². The Hall–Kier alpha value is -1.89. The van der Waals surface area contributed by atoms with E-state index in [9.17, 15) is 0 Å². The van der Waals surface area contributed by atoms with Crippen molar-refractivity contribution in [3.63, 3.8) is 0 Å². The highest BCUT2D eigenvalue weighted by Gasteiger charge is 2.04. The van der Waals surface area contributed by atoms with Crippen molar-refractivity contribution < 1.29 is 0 Å². The van der Waals surface area contributed by atoms with Gasteiger partial charge in [0.15, 0.2) is 0 Å². The van der Waals surface area contributed by atoms with Gasteiger partial charge in [-0.1, -0.05) is 31.7 Å². The second-order valence-corrected chi connectivity index (χ2v) is 4.21. The number of benzene rings is 1. The molecule has 2 rings (SSSR count). The fourth-order valence-electron chi connectivity index (χ4n) is 1.96. The average Bonchev–Trinajstić information content (AvgIpc) is 2.39. The maximum absolute atomic E-state index is 4.17. The first-order valence-electron chi connectivity index (χ1n) is 5.91. The van der Waals surface area contributed by atoms with E-state index in [1.54, 1.807) is 12.4 Å². The summed E-state index contributed by atoms with van der Waals surface area (Å²) in [5.41, 5.74) is 6.11. The number of hydrogen-bond donors (Lipinski definition) is 0. The van der Waals surface area contributed by atoms with E-state index in [4.69, 9.17) is 0 Å². The zero-order valence-electron chi connectivity index (χ0n) is 10.4. The van der Waals surface area contributed by atoms with Crippen LogP contribution in [0.4, 0.5) is 0 Å². The zero-order chi connectivity index (χ0) is 12.3. The monoisotopic (exact) mass is 223 g/mol. The third-order valence-electron chi connectivity index (χ3n) is 3.11. The van der Waals surface area contributed by atoms with Gasteiger partial charge in [0.05, 0.1) is 0 Å². The molecule has 1 aromatic carbocycles. The molecule has 0 radical (unpaired) electrons. The lowest BCUT2D eigenvalue weighted by Gasteiger charge is -2.09. The van der Waals surface area contributed by atoms with E-state index >= 15 is 0 Å². The van der Waals surface area contributed by atoms with Gasteiger partial charge >= 0.3 is 0 Å². The number of aryl methyl sites for hydroxylation is 2. The van der Waals surface area contributed by atoms with E-state index in [0.29, 0.717) is 0 Å². The van der Waals surface area contributed by atoms with Crippen LogP contribution < -0.4 is 0 Å². The highest BCUT2D eigenvalue weighted by atomic mass is 14.6. The van der Waals surface area contributed by atoms with Gasteiger partial charge < -0.3 is 0 Å². The smallest absolute Gasteiger partial charge is 0.0273 e. The summed E-state index contributed by atoms with van der Waals surface area (Å²) >= 11 is 0.